The highest BCUT2D eigenvalue weighted by Crippen LogP contribution is 2.07. The van der Waals surface area contributed by atoms with Gasteiger partial charge < -0.3 is 25.5 Å². The molecule has 4 N–H and O–H groups in total. The number of carbonyl (C=O) groups is 3. The zero-order valence-electron chi connectivity index (χ0n) is 16.4. The number of carboxylic acids is 1. The number of amides is 2. The van der Waals surface area contributed by atoms with Crippen molar-refractivity contribution in [2.75, 3.05) is 0 Å². The van der Waals surface area contributed by atoms with E-state index in [0.717, 1.165) is 5.56 Å². The Morgan fingerprint density at radius 2 is 1.86 bits per heavy atom. The summed E-state index contributed by atoms with van der Waals surface area (Å²) in [6.07, 6.45) is 2.59. The minimum absolute atomic E-state index is 0.0518. The van der Waals surface area contributed by atoms with Crippen molar-refractivity contribution in [3.63, 3.8) is 0 Å². The van der Waals surface area contributed by atoms with E-state index in [1.807, 2.05) is 44.2 Å². The molecule has 1 aromatic heterocycles. The van der Waals surface area contributed by atoms with Gasteiger partial charge in [0.25, 0.3) is 0 Å². The third-order valence-corrected chi connectivity index (χ3v) is 4.12. The van der Waals surface area contributed by atoms with E-state index in [-0.39, 0.29) is 25.4 Å². The second kappa shape index (κ2) is 10.8. The van der Waals surface area contributed by atoms with E-state index in [0.29, 0.717) is 5.69 Å². The molecule has 0 unspecified atom stereocenters. The third kappa shape index (κ3) is 7.65. The van der Waals surface area contributed by atoms with Crippen LogP contribution >= 0.6 is 0 Å². The van der Waals surface area contributed by atoms with Crippen molar-refractivity contribution in [3.05, 3.63) is 54.1 Å². The molecule has 2 amide bonds. The summed E-state index contributed by atoms with van der Waals surface area (Å²) in [5.41, 5.74) is 1.42. The Hall–Kier alpha value is -3.36. The van der Waals surface area contributed by atoms with Gasteiger partial charge in [-0.15, -0.1) is 0 Å². The van der Waals surface area contributed by atoms with Crippen LogP contribution in [0.4, 0.5) is 4.79 Å². The number of nitrogens with one attached hydrogen (secondary N) is 3. The highest BCUT2D eigenvalue weighted by atomic mass is 16.5. The van der Waals surface area contributed by atoms with E-state index < -0.39 is 30.1 Å². The summed E-state index contributed by atoms with van der Waals surface area (Å²) in [6.45, 7) is 3.78. The molecule has 156 valence electrons. The van der Waals surface area contributed by atoms with Crippen molar-refractivity contribution in [1.82, 2.24) is 20.6 Å². The molecule has 9 nitrogen and oxygen atoms in total. The quantitative estimate of drug-likeness (QED) is 0.479. The molecule has 0 bridgehead atoms. The monoisotopic (exact) mass is 402 g/mol. The first-order valence-corrected chi connectivity index (χ1v) is 9.32. The summed E-state index contributed by atoms with van der Waals surface area (Å²) in [6, 6.07) is 7.06. The predicted molar refractivity (Wildman–Crippen MR) is 105 cm³/mol. The van der Waals surface area contributed by atoms with Gasteiger partial charge in [-0.25, -0.2) is 14.6 Å². The molecule has 0 saturated heterocycles. The molecule has 2 aromatic rings. The van der Waals surface area contributed by atoms with E-state index >= 15 is 0 Å². The van der Waals surface area contributed by atoms with Crippen LogP contribution in [0.3, 0.4) is 0 Å². The summed E-state index contributed by atoms with van der Waals surface area (Å²) in [4.78, 5) is 43.1. The minimum Gasteiger partial charge on any atom is -0.480 e. The van der Waals surface area contributed by atoms with E-state index in [9.17, 15) is 19.5 Å². The first-order chi connectivity index (χ1) is 13.8. The molecule has 0 aliphatic heterocycles. The standard InChI is InChI=1S/C20H26N4O5/c1-13(2)8-17(19(26)27)23-18(25)16(9-15-10-21-12-22-15)24-20(28)29-11-14-6-4-3-5-7-14/h3-7,10,12-13,16-17H,8-9,11H2,1-2H3,(H,21,22)(H,23,25)(H,24,28)(H,26,27)/t16-,17+/m0/s1. The lowest BCUT2D eigenvalue weighted by molar-refractivity contribution is -0.142. The van der Waals surface area contributed by atoms with Crippen LogP contribution in [-0.2, 0) is 27.4 Å². The number of carboxylic acid groups (broad SMARTS) is 1. The van der Waals surface area contributed by atoms with Crippen LogP contribution in [0.5, 0.6) is 0 Å². The number of aromatic nitrogens is 2. The molecule has 0 fully saturated rings. The van der Waals surface area contributed by atoms with Crippen molar-refractivity contribution in [3.8, 4) is 0 Å². The van der Waals surface area contributed by atoms with Crippen molar-refractivity contribution in [2.45, 2.75) is 45.4 Å². The van der Waals surface area contributed by atoms with Crippen molar-refractivity contribution < 1.29 is 24.2 Å². The Morgan fingerprint density at radius 3 is 2.45 bits per heavy atom. The molecule has 2 atom stereocenters. The Balaban J connectivity index is 2.02. The van der Waals surface area contributed by atoms with Crippen LogP contribution in [0.25, 0.3) is 0 Å². The van der Waals surface area contributed by atoms with Crippen LogP contribution in [0.15, 0.2) is 42.9 Å². The molecule has 2 rings (SSSR count). The number of ether oxygens (including phenoxy) is 1. The summed E-state index contributed by atoms with van der Waals surface area (Å²) in [7, 11) is 0. The van der Waals surface area contributed by atoms with Crippen molar-refractivity contribution >= 4 is 18.0 Å². The van der Waals surface area contributed by atoms with Gasteiger partial charge in [0.1, 0.15) is 18.7 Å². The van der Waals surface area contributed by atoms with Gasteiger partial charge in [-0.1, -0.05) is 44.2 Å². The number of nitrogens with zero attached hydrogens (tertiary/aromatic N) is 1. The van der Waals surface area contributed by atoms with E-state index in [1.165, 1.54) is 12.5 Å². The van der Waals surface area contributed by atoms with E-state index in [2.05, 4.69) is 20.6 Å². The summed E-state index contributed by atoms with van der Waals surface area (Å²) >= 11 is 0. The van der Waals surface area contributed by atoms with Gasteiger partial charge in [0.05, 0.1) is 6.33 Å². The molecule has 29 heavy (non-hydrogen) atoms. The minimum atomic E-state index is -1.13. The number of aliphatic carboxylic acids is 1. The topological polar surface area (TPSA) is 133 Å². The van der Waals surface area contributed by atoms with E-state index in [1.54, 1.807) is 0 Å². The summed E-state index contributed by atoms with van der Waals surface area (Å²) in [5, 5.41) is 14.4. The molecular weight excluding hydrogens is 376 g/mol. The molecule has 0 spiro atoms. The first-order valence-electron chi connectivity index (χ1n) is 9.32. The van der Waals surface area contributed by atoms with Crippen molar-refractivity contribution in [1.29, 1.82) is 0 Å². The first kappa shape index (κ1) is 21.9. The van der Waals surface area contributed by atoms with Crippen LogP contribution in [0.1, 0.15) is 31.5 Å². The lowest BCUT2D eigenvalue weighted by Gasteiger charge is -2.22. The number of benzene rings is 1. The number of rotatable bonds is 10. The molecule has 9 heteroatoms. The van der Waals surface area contributed by atoms with Gasteiger partial charge in [-0.05, 0) is 17.9 Å². The SMILES string of the molecule is CC(C)C[C@@H](NC(=O)[C@H](Cc1cnc[nH]1)NC(=O)OCc1ccccc1)C(=O)O. The molecule has 1 heterocycles. The Labute approximate surface area is 168 Å². The molecular formula is C20H26N4O5. The maximum Gasteiger partial charge on any atom is 0.408 e. The highest BCUT2D eigenvalue weighted by molar-refractivity contribution is 5.89. The van der Waals surface area contributed by atoms with Crippen LogP contribution in [-0.4, -0.2) is 45.1 Å². The number of hydrogen-bond acceptors (Lipinski definition) is 5. The van der Waals surface area contributed by atoms with Crippen LogP contribution in [0.2, 0.25) is 0 Å². The lowest BCUT2D eigenvalue weighted by atomic mass is 10.0. The fraction of sp³-hybridized carbons (Fsp3) is 0.400. The zero-order chi connectivity index (χ0) is 21.2. The van der Waals surface area contributed by atoms with Crippen molar-refractivity contribution in [2.24, 2.45) is 5.92 Å². The smallest absolute Gasteiger partial charge is 0.408 e. The third-order valence-electron chi connectivity index (χ3n) is 4.12. The van der Waals surface area contributed by atoms with Gasteiger partial charge in [0.15, 0.2) is 0 Å². The predicted octanol–water partition coefficient (Wildman–Crippen LogP) is 1.86. The number of carbonyl (C=O) groups excluding carboxylic acids is 2. The maximum atomic E-state index is 12.7. The largest absolute Gasteiger partial charge is 0.480 e. The average Bonchev–Trinajstić information content (AvgIpc) is 3.19. The Bertz CT molecular complexity index is 792. The maximum absolute atomic E-state index is 12.7. The molecule has 0 radical (unpaired) electrons. The van der Waals surface area contributed by atoms with Gasteiger partial charge >= 0.3 is 12.1 Å². The number of imidazole rings is 1. The summed E-state index contributed by atoms with van der Waals surface area (Å²) in [5.74, 6) is -1.66. The molecule has 0 aliphatic carbocycles. The van der Waals surface area contributed by atoms with Gasteiger partial charge in [-0.2, -0.15) is 0 Å². The van der Waals surface area contributed by atoms with E-state index in [4.69, 9.17) is 4.74 Å². The van der Waals surface area contributed by atoms with Gasteiger partial charge in [-0.3, -0.25) is 4.79 Å². The fourth-order valence-electron chi connectivity index (χ4n) is 2.70. The molecule has 1 aromatic carbocycles. The number of H-pyrrole nitrogens is 1. The Kier molecular flexibility index (Phi) is 8.20. The fourth-order valence-corrected chi connectivity index (χ4v) is 2.70. The lowest BCUT2D eigenvalue weighted by Crippen LogP contribution is -2.52. The van der Waals surface area contributed by atoms with Crippen LogP contribution < -0.4 is 10.6 Å². The average molecular weight is 402 g/mol. The highest BCUT2D eigenvalue weighted by Gasteiger charge is 2.28. The molecule has 0 saturated carbocycles. The van der Waals surface area contributed by atoms with Gasteiger partial charge in [0.2, 0.25) is 5.91 Å². The zero-order valence-corrected chi connectivity index (χ0v) is 16.4. The summed E-state index contributed by atoms with van der Waals surface area (Å²) < 4.78 is 5.17. The second-order valence-corrected chi connectivity index (χ2v) is 7.07. The Morgan fingerprint density at radius 1 is 1.14 bits per heavy atom. The number of aromatic amines is 1. The van der Waals surface area contributed by atoms with Gasteiger partial charge in [0, 0.05) is 18.3 Å². The molecule has 0 aliphatic rings. The normalized spacial score (nSPS) is 12.8. The number of alkyl carbamates (subject to hydrolysis) is 1. The second-order valence-electron chi connectivity index (χ2n) is 7.07. The van der Waals surface area contributed by atoms with Crippen LogP contribution in [0, 0.1) is 5.92 Å². The number of hydrogen-bond donors (Lipinski definition) is 4.